The van der Waals surface area contributed by atoms with Gasteiger partial charge in [-0.15, -0.1) is 0 Å². The first-order chi connectivity index (χ1) is 14.8. The highest BCUT2D eigenvalue weighted by Gasteiger charge is 2.30. The SMILES string of the molecule is CCCCCCCC1CCC(C2CCC(CCc3ncc(CCC)cn3)CC2)CC1. The second-order valence-corrected chi connectivity index (χ2v) is 10.6. The number of aromatic nitrogens is 2. The van der Waals surface area contributed by atoms with E-state index in [1.54, 1.807) is 0 Å². The van der Waals surface area contributed by atoms with E-state index in [-0.39, 0.29) is 0 Å². The second kappa shape index (κ2) is 13.5. The van der Waals surface area contributed by atoms with Crippen LogP contribution in [0.3, 0.4) is 0 Å². The van der Waals surface area contributed by atoms with Crippen molar-refractivity contribution in [3.8, 4) is 0 Å². The summed E-state index contributed by atoms with van der Waals surface area (Å²) in [6.07, 6.45) is 29.5. The van der Waals surface area contributed by atoms with Crippen molar-refractivity contribution in [3.05, 3.63) is 23.8 Å². The maximum atomic E-state index is 4.60. The zero-order chi connectivity index (χ0) is 21.0. The topological polar surface area (TPSA) is 25.8 Å². The Balaban J connectivity index is 1.27. The lowest BCUT2D eigenvalue weighted by molar-refractivity contribution is 0.140. The van der Waals surface area contributed by atoms with Crippen LogP contribution in [0.1, 0.15) is 128 Å². The van der Waals surface area contributed by atoms with E-state index in [9.17, 15) is 0 Å². The van der Waals surface area contributed by atoms with Crippen molar-refractivity contribution in [3.63, 3.8) is 0 Å². The number of rotatable bonds is 12. The molecule has 0 aromatic carbocycles. The molecule has 2 fully saturated rings. The molecule has 1 heterocycles. The first kappa shape index (κ1) is 23.7. The van der Waals surface area contributed by atoms with E-state index in [1.165, 1.54) is 108 Å². The molecule has 170 valence electrons. The lowest BCUT2D eigenvalue weighted by atomic mass is 9.68. The number of unbranched alkanes of at least 4 members (excludes halogenated alkanes) is 4. The van der Waals surface area contributed by atoms with Crippen molar-refractivity contribution >= 4 is 0 Å². The first-order valence-electron chi connectivity index (χ1n) is 13.6. The Labute approximate surface area is 187 Å². The molecule has 0 bridgehead atoms. The normalized spacial score (nSPS) is 27.3. The molecule has 0 unspecified atom stereocenters. The van der Waals surface area contributed by atoms with Gasteiger partial charge in [0.2, 0.25) is 0 Å². The third kappa shape index (κ3) is 7.97. The predicted molar refractivity (Wildman–Crippen MR) is 129 cm³/mol. The van der Waals surface area contributed by atoms with E-state index >= 15 is 0 Å². The van der Waals surface area contributed by atoms with Crippen molar-refractivity contribution in [2.24, 2.45) is 23.7 Å². The minimum atomic E-state index is 0.916. The van der Waals surface area contributed by atoms with Crippen molar-refractivity contribution in [2.45, 2.75) is 129 Å². The standard InChI is InChI=1S/C28H48N2/c1-3-5-6-7-8-10-23-11-16-26(17-12-23)27-18-13-24(14-19-27)15-20-28-29-21-25(9-4-2)22-30-28/h21-24,26-27H,3-20H2,1-2H3. The molecule has 0 N–H and O–H groups in total. The first-order valence-corrected chi connectivity index (χ1v) is 13.6. The van der Waals surface area contributed by atoms with Gasteiger partial charge in [0.25, 0.3) is 0 Å². The summed E-state index contributed by atoms with van der Waals surface area (Å²) in [6.45, 7) is 4.53. The van der Waals surface area contributed by atoms with Crippen molar-refractivity contribution in [1.29, 1.82) is 0 Å². The van der Waals surface area contributed by atoms with Crippen LogP contribution in [-0.2, 0) is 12.8 Å². The Morgan fingerprint density at radius 2 is 1.20 bits per heavy atom. The number of aryl methyl sites for hydroxylation is 2. The lowest BCUT2D eigenvalue weighted by Crippen LogP contribution is -2.26. The number of hydrogen-bond acceptors (Lipinski definition) is 2. The summed E-state index contributed by atoms with van der Waals surface area (Å²) in [6, 6.07) is 0. The Morgan fingerprint density at radius 1 is 0.633 bits per heavy atom. The summed E-state index contributed by atoms with van der Waals surface area (Å²) in [5, 5.41) is 0. The quantitative estimate of drug-likeness (QED) is 0.322. The van der Waals surface area contributed by atoms with Gasteiger partial charge in [0.05, 0.1) is 0 Å². The molecule has 2 saturated carbocycles. The minimum absolute atomic E-state index is 0.916. The van der Waals surface area contributed by atoms with E-state index < -0.39 is 0 Å². The molecular weight excluding hydrogens is 364 g/mol. The molecule has 2 heteroatoms. The third-order valence-corrected chi connectivity index (χ3v) is 8.24. The Bertz CT molecular complexity index is 551. The second-order valence-electron chi connectivity index (χ2n) is 10.6. The summed E-state index contributed by atoms with van der Waals surface area (Å²) in [5.74, 6) is 5.13. The van der Waals surface area contributed by atoms with Crippen LogP contribution >= 0.6 is 0 Å². The highest BCUT2D eigenvalue weighted by atomic mass is 14.9. The maximum Gasteiger partial charge on any atom is 0.128 e. The fourth-order valence-electron chi connectivity index (χ4n) is 6.19. The molecule has 0 saturated heterocycles. The van der Waals surface area contributed by atoms with Gasteiger partial charge in [0.15, 0.2) is 0 Å². The van der Waals surface area contributed by atoms with Crippen LogP contribution in [0.5, 0.6) is 0 Å². The zero-order valence-corrected chi connectivity index (χ0v) is 20.1. The summed E-state index contributed by atoms with van der Waals surface area (Å²) in [5.41, 5.74) is 1.29. The zero-order valence-electron chi connectivity index (χ0n) is 20.1. The van der Waals surface area contributed by atoms with Crippen molar-refractivity contribution in [1.82, 2.24) is 9.97 Å². The summed E-state index contributed by atoms with van der Waals surface area (Å²) in [4.78, 5) is 9.20. The van der Waals surface area contributed by atoms with Crippen LogP contribution < -0.4 is 0 Å². The van der Waals surface area contributed by atoms with Crippen LogP contribution in [-0.4, -0.2) is 9.97 Å². The van der Waals surface area contributed by atoms with Gasteiger partial charge in [-0.1, -0.05) is 84.5 Å². The fourth-order valence-corrected chi connectivity index (χ4v) is 6.19. The maximum absolute atomic E-state index is 4.60. The average Bonchev–Trinajstić information content (AvgIpc) is 2.79. The molecule has 2 nitrogen and oxygen atoms in total. The Hall–Kier alpha value is -0.920. The van der Waals surface area contributed by atoms with Gasteiger partial charge in [0.1, 0.15) is 5.82 Å². The molecule has 0 aliphatic heterocycles. The van der Waals surface area contributed by atoms with Crippen molar-refractivity contribution < 1.29 is 0 Å². The smallest absolute Gasteiger partial charge is 0.128 e. The molecule has 3 rings (SSSR count). The minimum Gasteiger partial charge on any atom is -0.241 e. The molecular formula is C28H48N2. The summed E-state index contributed by atoms with van der Waals surface area (Å²) < 4.78 is 0. The van der Waals surface area contributed by atoms with E-state index in [4.69, 9.17) is 0 Å². The van der Waals surface area contributed by atoms with Gasteiger partial charge < -0.3 is 0 Å². The van der Waals surface area contributed by atoms with E-state index in [2.05, 4.69) is 23.8 Å². The number of hydrogen-bond donors (Lipinski definition) is 0. The summed E-state index contributed by atoms with van der Waals surface area (Å²) in [7, 11) is 0. The van der Waals surface area contributed by atoms with Gasteiger partial charge in [-0.05, 0) is 67.8 Å². The van der Waals surface area contributed by atoms with E-state index in [0.717, 1.165) is 42.3 Å². The molecule has 0 amide bonds. The largest absolute Gasteiger partial charge is 0.241 e. The third-order valence-electron chi connectivity index (χ3n) is 8.24. The molecule has 2 aliphatic rings. The van der Waals surface area contributed by atoms with Crippen molar-refractivity contribution in [2.75, 3.05) is 0 Å². The van der Waals surface area contributed by atoms with E-state index in [1.807, 2.05) is 12.4 Å². The molecule has 0 atom stereocenters. The Morgan fingerprint density at radius 3 is 1.77 bits per heavy atom. The summed E-state index contributed by atoms with van der Waals surface area (Å²) >= 11 is 0. The molecule has 30 heavy (non-hydrogen) atoms. The predicted octanol–water partition coefficient (Wildman–Crippen LogP) is 8.34. The highest BCUT2D eigenvalue weighted by molar-refractivity contribution is 5.05. The van der Waals surface area contributed by atoms with Crippen LogP contribution in [0, 0.1) is 23.7 Å². The average molecular weight is 413 g/mol. The highest BCUT2D eigenvalue weighted by Crippen LogP contribution is 2.43. The van der Waals surface area contributed by atoms with E-state index in [0.29, 0.717) is 0 Å². The van der Waals surface area contributed by atoms with Gasteiger partial charge in [-0.2, -0.15) is 0 Å². The molecule has 0 radical (unpaired) electrons. The van der Waals surface area contributed by atoms with Gasteiger partial charge >= 0.3 is 0 Å². The van der Waals surface area contributed by atoms with Gasteiger partial charge in [-0.25, -0.2) is 9.97 Å². The lowest BCUT2D eigenvalue weighted by Gasteiger charge is -2.38. The monoisotopic (exact) mass is 412 g/mol. The Kier molecular flexibility index (Phi) is 10.7. The van der Waals surface area contributed by atoms with Gasteiger partial charge in [0, 0.05) is 18.8 Å². The molecule has 2 aliphatic carbocycles. The van der Waals surface area contributed by atoms with Crippen LogP contribution in [0.15, 0.2) is 12.4 Å². The van der Waals surface area contributed by atoms with Crippen LogP contribution in [0.25, 0.3) is 0 Å². The number of nitrogens with zero attached hydrogens (tertiary/aromatic N) is 2. The fraction of sp³-hybridized carbons (Fsp3) is 0.857. The van der Waals surface area contributed by atoms with Crippen LogP contribution in [0.4, 0.5) is 0 Å². The molecule has 1 aromatic heterocycles. The molecule has 0 spiro atoms. The van der Waals surface area contributed by atoms with Gasteiger partial charge in [-0.3, -0.25) is 0 Å². The van der Waals surface area contributed by atoms with Crippen LogP contribution in [0.2, 0.25) is 0 Å². The molecule has 1 aromatic rings.